The van der Waals surface area contributed by atoms with Crippen LogP contribution in [-0.2, 0) is 14.8 Å². The lowest BCUT2D eigenvalue weighted by molar-refractivity contribution is -0.129. The summed E-state index contributed by atoms with van der Waals surface area (Å²) in [7, 11) is -3.64. The van der Waals surface area contributed by atoms with Crippen LogP contribution in [0.2, 0.25) is 5.02 Å². The van der Waals surface area contributed by atoms with Gasteiger partial charge in [0.05, 0.1) is 10.6 Å². The van der Waals surface area contributed by atoms with Crippen molar-refractivity contribution in [1.82, 2.24) is 9.21 Å². The van der Waals surface area contributed by atoms with Gasteiger partial charge in [-0.2, -0.15) is 4.31 Å². The zero-order valence-corrected chi connectivity index (χ0v) is 16.7. The van der Waals surface area contributed by atoms with E-state index in [0.717, 1.165) is 11.8 Å². The molecule has 1 amide bonds. The summed E-state index contributed by atoms with van der Waals surface area (Å²) in [5, 5.41) is 0.357. The van der Waals surface area contributed by atoms with Crippen LogP contribution in [0.4, 0.5) is 4.39 Å². The molecule has 1 fully saturated rings. The molecule has 2 aromatic rings. The monoisotopic (exact) mass is 428 g/mol. The molecule has 0 radical (unpaired) electrons. The summed E-state index contributed by atoms with van der Waals surface area (Å²) in [4.78, 5) is 14.5. The van der Waals surface area contributed by atoms with Crippen LogP contribution in [0.15, 0.2) is 58.3 Å². The Labute approximate surface area is 167 Å². The van der Waals surface area contributed by atoms with E-state index in [1.165, 1.54) is 22.5 Å². The highest BCUT2D eigenvalue weighted by Gasteiger charge is 2.30. The number of thioether (sulfide) groups is 1. The van der Waals surface area contributed by atoms with Crippen LogP contribution in [0.5, 0.6) is 0 Å². The van der Waals surface area contributed by atoms with Gasteiger partial charge in [-0.15, -0.1) is 11.8 Å². The minimum absolute atomic E-state index is 0.113. The average Bonchev–Trinajstić information content (AvgIpc) is 2.67. The molecular weight excluding hydrogens is 411 g/mol. The van der Waals surface area contributed by atoms with E-state index >= 15 is 0 Å². The summed E-state index contributed by atoms with van der Waals surface area (Å²) in [6, 6.07) is 12.4. The molecule has 0 aromatic heterocycles. The number of hydrogen-bond acceptors (Lipinski definition) is 4. The van der Waals surface area contributed by atoms with Gasteiger partial charge in [-0.25, -0.2) is 12.8 Å². The SMILES string of the molecule is O=C(CSc1ccccc1F)N1CCN(S(=O)(=O)c2cccc(Cl)c2)CC1. The molecule has 1 heterocycles. The molecule has 0 atom stereocenters. The lowest BCUT2D eigenvalue weighted by Gasteiger charge is -2.34. The topological polar surface area (TPSA) is 57.7 Å². The van der Waals surface area contributed by atoms with E-state index in [2.05, 4.69) is 0 Å². The van der Waals surface area contributed by atoms with Crippen molar-refractivity contribution in [2.45, 2.75) is 9.79 Å². The van der Waals surface area contributed by atoms with Crippen LogP contribution in [-0.4, -0.2) is 55.5 Å². The highest BCUT2D eigenvalue weighted by atomic mass is 35.5. The van der Waals surface area contributed by atoms with Gasteiger partial charge in [0.15, 0.2) is 0 Å². The molecule has 144 valence electrons. The van der Waals surface area contributed by atoms with E-state index in [1.54, 1.807) is 35.2 Å². The number of piperazine rings is 1. The van der Waals surface area contributed by atoms with Gasteiger partial charge >= 0.3 is 0 Å². The van der Waals surface area contributed by atoms with Crippen molar-refractivity contribution in [2.24, 2.45) is 0 Å². The molecule has 0 aliphatic carbocycles. The lowest BCUT2D eigenvalue weighted by atomic mass is 10.3. The van der Waals surface area contributed by atoms with Crippen molar-refractivity contribution in [3.8, 4) is 0 Å². The zero-order chi connectivity index (χ0) is 19.4. The van der Waals surface area contributed by atoms with Crippen LogP contribution in [0.1, 0.15) is 0 Å². The maximum atomic E-state index is 13.6. The summed E-state index contributed by atoms with van der Waals surface area (Å²) < 4.78 is 40.3. The third-order valence-corrected chi connectivity index (χ3v) is 7.38. The van der Waals surface area contributed by atoms with Gasteiger partial charge in [0.1, 0.15) is 5.82 Å². The number of sulfonamides is 1. The number of rotatable bonds is 5. The van der Waals surface area contributed by atoms with Crippen LogP contribution in [0.25, 0.3) is 0 Å². The first-order chi connectivity index (χ1) is 12.9. The number of carbonyl (C=O) groups is 1. The van der Waals surface area contributed by atoms with E-state index in [-0.39, 0.29) is 35.5 Å². The Bertz CT molecular complexity index is 932. The van der Waals surface area contributed by atoms with Gasteiger partial charge in [0.25, 0.3) is 0 Å². The Morgan fingerprint density at radius 1 is 1.07 bits per heavy atom. The van der Waals surface area contributed by atoms with Crippen LogP contribution < -0.4 is 0 Å². The van der Waals surface area contributed by atoms with E-state index in [9.17, 15) is 17.6 Å². The van der Waals surface area contributed by atoms with Crippen LogP contribution >= 0.6 is 23.4 Å². The van der Waals surface area contributed by atoms with Gasteiger partial charge < -0.3 is 4.90 Å². The third-order valence-electron chi connectivity index (χ3n) is 4.21. The van der Waals surface area contributed by atoms with Gasteiger partial charge in [-0.05, 0) is 30.3 Å². The molecule has 2 aromatic carbocycles. The van der Waals surface area contributed by atoms with Crippen molar-refractivity contribution in [2.75, 3.05) is 31.9 Å². The number of carbonyl (C=O) groups excluding carboxylic acids is 1. The molecular formula is C18H18ClFN2O3S2. The summed E-state index contributed by atoms with van der Waals surface area (Å²) in [5.41, 5.74) is 0. The smallest absolute Gasteiger partial charge is 0.243 e. The van der Waals surface area contributed by atoms with Crippen molar-refractivity contribution >= 4 is 39.3 Å². The number of halogens is 2. The minimum atomic E-state index is -3.64. The molecule has 0 N–H and O–H groups in total. The standard InChI is InChI=1S/C18H18ClFN2O3S2/c19-14-4-3-5-15(12-14)27(24,25)22-10-8-21(9-11-22)18(23)13-26-17-7-2-1-6-16(17)20/h1-7,12H,8-11,13H2. The molecule has 0 spiro atoms. The van der Waals surface area contributed by atoms with Crippen molar-refractivity contribution in [1.29, 1.82) is 0 Å². The van der Waals surface area contributed by atoms with Gasteiger partial charge in [0.2, 0.25) is 15.9 Å². The Balaban J connectivity index is 1.57. The van der Waals surface area contributed by atoms with E-state index in [0.29, 0.717) is 23.0 Å². The second-order valence-electron chi connectivity index (χ2n) is 5.96. The molecule has 3 rings (SSSR count). The Kier molecular flexibility index (Phi) is 6.41. The normalized spacial score (nSPS) is 15.7. The Morgan fingerprint density at radius 2 is 1.78 bits per heavy atom. The van der Waals surface area contributed by atoms with Gasteiger partial charge in [0, 0.05) is 36.1 Å². The van der Waals surface area contributed by atoms with Crippen molar-refractivity contribution in [3.05, 3.63) is 59.4 Å². The summed E-state index contributed by atoms with van der Waals surface area (Å²) in [5.74, 6) is -0.377. The molecule has 9 heteroatoms. The Hall–Kier alpha value is -1.61. The third kappa shape index (κ3) is 4.82. The fourth-order valence-electron chi connectivity index (χ4n) is 2.75. The van der Waals surface area contributed by atoms with E-state index < -0.39 is 10.0 Å². The predicted octanol–water partition coefficient (Wildman–Crippen LogP) is 3.10. The van der Waals surface area contributed by atoms with Gasteiger partial charge in [-0.3, -0.25) is 4.79 Å². The highest BCUT2D eigenvalue weighted by Crippen LogP contribution is 2.23. The second kappa shape index (κ2) is 8.60. The highest BCUT2D eigenvalue weighted by molar-refractivity contribution is 8.00. The van der Waals surface area contributed by atoms with E-state index in [4.69, 9.17) is 11.6 Å². The lowest BCUT2D eigenvalue weighted by Crippen LogP contribution is -2.50. The summed E-state index contributed by atoms with van der Waals surface area (Å²) in [6.45, 7) is 1.03. The quantitative estimate of drug-likeness (QED) is 0.686. The Morgan fingerprint density at radius 3 is 2.44 bits per heavy atom. The first-order valence-electron chi connectivity index (χ1n) is 8.29. The van der Waals surface area contributed by atoms with Crippen molar-refractivity contribution in [3.63, 3.8) is 0 Å². The maximum absolute atomic E-state index is 13.6. The average molecular weight is 429 g/mol. The fraction of sp³-hybridized carbons (Fsp3) is 0.278. The first-order valence-corrected chi connectivity index (χ1v) is 11.1. The molecule has 5 nitrogen and oxygen atoms in total. The molecule has 0 unspecified atom stereocenters. The molecule has 1 aliphatic rings. The number of hydrogen-bond donors (Lipinski definition) is 0. The van der Waals surface area contributed by atoms with Crippen molar-refractivity contribution < 1.29 is 17.6 Å². The number of benzene rings is 2. The predicted molar refractivity (Wildman–Crippen MR) is 104 cm³/mol. The zero-order valence-electron chi connectivity index (χ0n) is 14.3. The van der Waals surface area contributed by atoms with Crippen LogP contribution in [0.3, 0.4) is 0 Å². The second-order valence-corrected chi connectivity index (χ2v) is 9.35. The number of nitrogens with zero attached hydrogens (tertiary/aromatic N) is 2. The number of amides is 1. The largest absolute Gasteiger partial charge is 0.339 e. The maximum Gasteiger partial charge on any atom is 0.243 e. The van der Waals surface area contributed by atoms with Crippen LogP contribution in [0, 0.1) is 5.82 Å². The molecule has 1 aliphatic heterocycles. The summed E-state index contributed by atoms with van der Waals surface area (Å²) >= 11 is 7.03. The minimum Gasteiger partial charge on any atom is -0.339 e. The van der Waals surface area contributed by atoms with Gasteiger partial charge in [-0.1, -0.05) is 29.8 Å². The first kappa shape index (κ1) is 20.1. The molecule has 0 saturated carbocycles. The molecule has 1 saturated heterocycles. The molecule has 0 bridgehead atoms. The van der Waals surface area contributed by atoms with E-state index in [1.807, 2.05) is 0 Å². The fourth-order valence-corrected chi connectivity index (χ4v) is 5.31. The summed E-state index contributed by atoms with van der Waals surface area (Å²) in [6.07, 6.45) is 0. The molecule has 27 heavy (non-hydrogen) atoms.